The predicted molar refractivity (Wildman–Crippen MR) is 116 cm³/mol. The number of aliphatic imine (C=N–C) groups is 1. The van der Waals surface area contributed by atoms with E-state index in [2.05, 4.69) is 20.9 Å². The normalized spacial score (nSPS) is 15.1. The van der Waals surface area contributed by atoms with Crippen LogP contribution in [0.3, 0.4) is 0 Å². The van der Waals surface area contributed by atoms with E-state index in [1.807, 2.05) is 41.8 Å². The number of nitrogens with zero attached hydrogens (tertiary/aromatic N) is 4. The second-order valence-corrected chi connectivity index (χ2v) is 7.83. The quantitative estimate of drug-likeness (QED) is 0.288. The maximum atomic E-state index is 11.7. The molecule has 2 aromatic carbocycles. The van der Waals surface area contributed by atoms with Crippen LogP contribution in [0, 0.1) is 10.1 Å². The molecule has 8 heteroatoms. The van der Waals surface area contributed by atoms with Crippen LogP contribution in [-0.4, -0.2) is 20.2 Å². The van der Waals surface area contributed by atoms with E-state index in [9.17, 15) is 10.1 Å². The van der Waals surface area contributed by atoms with Gasteiger partial charge in [0.25, 0.3) is 5.69 Å². The van der Waals surface area contributed by atoms with E-state index in [1.165, 1.54) is 6.07 Å². The Morgan fingerprint density at radius 1 is 1.13 bits per heavy atom. The Hall–Kier alpha value is -3.52. The summed E-state index contributed by atoms with van der Waals surface area (Å²) in [5, 5.41) is 11.7. The van der Waals surface area contributed by atoms with Gasteiger partial charge in [-0.05, 0) is 43.3 Å². The summed E-state index contributed by atoms with van der Waals surface area (Å²) in [4.78, 5) is 20.9. The van der Waals surface area contributed by atoms with E-state index in [0.717, 1.165) is 21.4 Å². The number of benzene rings is 2. The average Bonchev–Trinajstić information content (AvgIpc) is 3.39. The number of rotatable bonds is 3. The number of nitro benzene ring substituents is 1. The molecule has 0 spiro atoms. The Morgan fingerprint density at radius 3 is 2.73 bits per heavy atom. The lowest BCUT2D eigenvalue weighted by Gasteiger charge is -2.12. The average molecular weight is 463 g/mol. The summed E-state index contributed by atoms with van der Waals surface area (Å²) >= 11 is 3.53. The summed E-state index contributed by atoms with van der Waals surface area (Å²) in [5.74, 6) is 0.651. The number of para-hydroxylation sites is 1. The Labute approximate surface area is 180 Å². The number of imidazole rings is 1. The molecule has 1 aliphatic rings. The molecule has 0 aliphatic carbocycles. The van der Waals surface area contributed by atoms with E-state index >= 15 is 0 Å². The molecule has 30 heavy (non-hydrogen) atoms. The molecule has 0 radical (unpaired) electrons. The SMILES string of the molecule is C[C@H]1N=C(c2ccccc2[N+](=O)[O-])c2cc(Br)ccc2-n2cnc(-c3ccco3)c21. The molecule has 0 amide bonds. The van der Waals surface area contributed by atoms with Gasteiger partial charge in [0.15, 0.2) is 5.76 Å². The number of fused-ring (bicyclic) bond motifs is 3. The van der Waals surface area contributed by atoms with Crippen LogP contribution in [0.15, 0.2) is 81.1 Å². The second kappa shape index (κ2) is 7.07. The van der Waals surface area contributed by atoms with Gasteiger partial charge in [0.2, 0.25) is 0 Å². The molecule has 1 aliphatic heterocycles. The van der Waals surface area contributed by atoms with Gasteiger partial charge in [-0.25, -0.2) is 4.98 Å². The molecule has 0 saturated heterocycles. The highest BCUT2D eigenvalue weighted by Crippen LogP contribution is 2.38. The zero-order chi connectivity index (χ0) is 20.8. The van der Waals surface area contributed by atoms with Crippen LogP contribution in [0.5, 0.6) is 0 Å². The fourth-order valence-corrected chi connectivity index (χ4v) is 4.19. The topological polar surface area (TPSA) is 86.5 Å². The maximum absolute atomic E-state index is 11.7. The largest absolute Gasteiger partial charge is 0.463 e. The number of furan rings is 1. The van der Waals surface area contributed by atoms with Gasteiger partial charge in [-0.2, -0.15) is 0 Å². The third kappa shape index (κ3) is 2.88. The first-order valence-corrected chi connectivity index (χ1v) is 10.1. The number of aromatic nitrogens is 2. The summed E-state index contributed by atoms with van der Waals surface area (Å²) in [7, 11) is 0. The minimum atomic E-state index is -0.374. The van der Waals surface area contributed by atoms with Gasteiger partial charge in [-0.3, -0.25) is 19.7 Å². The first kappa shape index (κ1) is 18.5. The van der Waals surface area contributed by atoms with E-state index in [-0.39, 0.29) is 16.7 Å². The number of nitro groups is 1. The molecule has 0 fully saturated rings. The molecular formula is C22H15BrN4O3. The van der Waals surface area contributed by atoms with Crippen LogP contribution in [0.1, 0.15) is 29.8 Å². The molecule has 4 aromatic rings. The summed E-state index contributed by atoms with van der Waals surface area (Å²) in [6.07, 6.45) is 3.35. The fourth-order valence-electron chi connectivity index (χ4n) is 3.83. The van der Waals surface area contributed by atoms with Gasteiger partial charge < -0.3 is 4.42 Å². The molecule has 2 aromatic heterocycles. The minimum Gasteiger partial charge on any atom is -0.463 e. The predicted octanol–water partition coefficient (Wildman–Crippen LogP) is 5.72. The van der Waals surface area contributed by atoms with Crippen LogP contribution in [0.2, 0.25) is 0 Å². The monoisotopic (exact) mass is 462 g/mol. The lowest BCUT2D eigenvalue weighted by molar-refractivity contribution is -0.385. The zero-order valence-electron chi connectivity index (χ0n) is 15.8. The first-order chi connectivity index (χ1) is 14.5. The van der Waals surface area contributed by atoms with Crippen molar-refractivity contribution in [1.82, 2.24) is 9.55 Å². The Kier molecular flexibility index (Phi) is 4.36. The van der Waals surface area contributed by atoms with Crippen LogP contribution < -0.4 is 0 Å². The molecule has 0 unspecified atom stereocenters. The van der Waals surface area contributed by atoms with Gasteiger partial charge >= 0.3 is 0 Å². The molecule has 0 bridgehead atoms. The number of hydrogen-bond donors (Lipinski definition) is 0. The van der Waals surface area contributed by atoms with Crippen LogP contribution >= 0.6 is 15.9 Å². The summed E-state index contributed by atoms with van der Waals surface area (Å²) in [6, 6.07) is 15.9. The molecule has 7 nitrogen and oxygen atoms in total. The molecule has 5 rings (SSSR count). The van der Waals surface area contributed by atoms with Crippen molar-refractivity contribution in [2.24, 2.45) is 4.99 Å². The van der Waals surface area contributed by atoms with Crippen molar-refractivity contribution in [3.05, 3.63) is 98.6 Å². The van der Waals surface area contributed by atoms with Crippen LogP contribution in [0.25, 0.3) is 17.1 Å². The third-order valence-electron chi connectivity index (χ3n) is 5.11. The molecule has 0 saturated carbocycles. The molecule has 1 atom stereocenters. The minimum absolute atomic E-state index is 0.0188. The van der Waals surface area contributed by atoms with Crippen molar-refractivity contribution in [2.45, 2.75) is 13.0 Å². The molecule has 148 valence electrons. The highest BCUT2D eigenvalue weighted by molar-refractivity contribution is 9.10. The summed E-state index contributed by atoms with van der Waals surface area (Å²) < 4.78 is 8.42. The van der Waals surface area contributed by atoms with E-state index in [4.69, 9.17) is 9.41 Å². The fraction of sp³-hybridized carbons (Fsp3) is 0.0909. The first-order valence-electron chi connectivity index (χ1n) is 9.27. The Balaban J connectivity index is 1.82. The van der Waals surface area contributed by atoms with E-state index in [0.29, 0.717) is 22.7 Å². The second-order valence-electron chi connectivity index (χ2n) is 6.92. The Morgan fingerprint density at radius 2 is 1.97 bits per heavy atom. The highest BCUT2D eigenvalue weighted by Gasteiger charge is 2.29. The van der Waals surface area contributed by atoms with Crippen molar-refractivity contribution in [3.8, 4) is 17.1 Å². The number of halogens is 1. The van der Waals surface area contributed by atoms with Crippen LogP contribution in [0.4, 0.5) is 5.69 Å². The van der Waals surface area contributed by atoms with Gasteiger partial charge in [0, 0.05) is 16.1 Å². The summed E-state index contributed by atoms with van der Waals surface area (Å²) in [6.45, 7) is 1.95. The lowest BCUT2D eigenvalue weighted by atomic mass is 9.99. The highest BCUT2D eigenvalue weighted by atomic mass is 79.9. The molecule has 3 heterocycles. The van der Waals surface area contributed by atoms with Crippen molar-refractivity contribution in [3.63, 3.8) is 0 Å². The van der Waals surface area contributed by atoms with Gasteiger partial charge in [-0.1, -0.05) is 28.1 Å². The van der Waals surface area contributed by atoms with Crippen molar-refractivity contribution in [2.75, 3.05) is 0 Å². The van der Waals surface area contributed by atoms with Crippen molar-refractivity contribution >= 4 is 27.3 Å². The summed E-state index contributed by atoms with van der Waals surface area (Å²) in [5.41, 5.74) is 4.26. The zero-order valence-corrected chi connectivity index (χ0v) is 17.4. The maximum Gasteiger partial charge on any atom is 0.278 e. The molecule has 0 N–H and O–H groups in total. The van der Waals surface area contributed by atoms with Crippen molar-refractivity contribution < 1.29 is 9.34 Å². The number of hydrogen-bond acceptors (Lipinski definition) is 5. The van der Waals surface area contributed by atoms with E-state index < -0.39 is 0 Å². The third-order valence-corrected chi connectivity index (χ3v) is 5.60. The lowest BCUT2D eigenvalue weighted by Crippen LogP contribution is -2.09. The standard InChI is InChI=1S/C22H15BrN4O3/c1-13-22-21(19-7-4-10-30-19)24-12-26(22)17-9-8-14(23)11-16(17)20(25-13)15-5-2-3-6-18(15)27(28)29/h2-13H,1H3/t13-/m1/s1. The van der Waals surface area contributed by atoms with Crippen LogP contribution in [-0.2, 0) is 0 Å². The van der Waals surface area contributed by atoms with Gasteiger partial charge in [-0.15, -0.1) is 0 Å². The van der Waals surface area contributed by atoms with Gasteiger partial charge in [0.1, 0.15) is 12.0 Å². The Bertz CT molecular complexity index is 1310. The van der Waals surface area contributed by atoms with Gasteiger partial charge in [0.05, 0.1) is 39.9 Å². The smallest absolute Gasteiger partial charge is 0.278 e. The molecular weight excluding hydrogens is 448 g/mol. The van der Waals surface area contributed by atoms with E-state index in [1.54, 1.807) is 30.8 Å². The van der Waals surface area contributed by atoms with Crippen molar-refractivity contribution in [1.29, 1.82) is 0 Å².